The highest BCUT2D eigenvalue weighted by Crippen LogP contribution is 2.32. The number of nitrogens with zero attached hydrogens (tertiary/aromatic N) is 1. The number of benzene rings is 2. The minimum Gasteiger partial charge on any atom is -0.493 e. The number of anilines is 1. The number of hydrogen-bond acceptors (Lipinski definition) is 6. The number of carbonyl (C=O) groups excluding carboxylic acids is 1. The Bertz CT molecular complexity index is 960. The predicted octanol–water partition coefficient (Wildman–Crippen LogP) is 2.36. The van der Waals surface area contributed by atoms with E-state index >= 15 is 0 Å². The Balaban J connectivity index is 2.44. The average molecular weight is 437 g/mol. The van der Waals surface area contributed by atoms with Crippen LogP contribution in [0.1, 0.15) is 12.5 Å². The number of nitrogens with one attached hydrogen (secondary N) is 1. The first kappa shape index (κ1) is 23.5. The van der Waals surface area contributed by atoms with E-state index in [0.717, 1.165) is 9.87 Å². The van der Waals surface area contributed by atoms with Gasteiger partial charge in [0.1, 0.15) is 6.54 Å². The molecule has 0 aliphatic carbocycles. The molecule has 0 aliphatic heterocycles. The van der Waals surface area contributed by atoms with Gasteiger partial charge in [0, 0.05) is 19.2 Å². The molecule has 0 heterocycles. The van der Waals surface area contributed by atoms with Crippen molar-refractivity contribution in [1.82, 2.24) is 5.32 Å². The molecule has 0 bridgehead atoms. The van der Waals surface area contributed by atoms with Crippen molar-refractivity contribution < 1.29 is 27.4 Å². The van der Waals surface area contributed by atoms with E-state index in [1.807, 2.05) is 6.92 Å². The fourth-order valence-electron chi connectivity index (χ4n) is 2.87. The van der Waals surface area contributed by atoms with E-state index in [4.69, 9.17) is 14.2 Å². The van der Waals surface area contributed by atoms with Crippen molar-refractivity contribution in [2.24, 2.45) is 0 Å². The summed E-state index contributed by atoms with van der Waals surface area (Å²) in [6.07, 6.45) is 0. The summed E-state index contributed by atoms with van der Waals surface area (Å²) in [5.41, 5.74) is 1.35. The molecule has 9 heteroatoms. The van der Waals surface area contributed by atoms with Crippen LogP contribution in [0, 0.1) is 6.92 Å². The first-order valence-electron chi connectivity index (χ1n) is 9.32. The Kier molecular flexibility index (Phi) is 8.08. The maximum Gasteiger partial charge on any atom is 0.264 e. The lowest BCUT2D eigenvalue weighted by Gasteiger charge is -2.25. The molecule has 0 unspecified atom stereocenters. The monoisotopic (exact) mass is 436 g/mol. The molecule has 164 valence electrons. The zero-order chi connectivity index (χ0) is 22.3. The van der Waals surface area contributed by atoms with Gasteiger partial charge in [0.2, 0.25) is 5.91 Å². The maximum atomic E-state index is 13.5. The molecule has 0 fully saturated rings. The highest BCUT2D eigenvalue weighted by molar-refractivity contribution is 7.92. The van der Waals surface area contributed by atoms with Gasteiger partial charge < -0.3 is 19.5 Å². The molecule has 2 aromatic rings. The lowest BCUT2D eigenvalue weighted by molar-refractivity contribution is -0.120. The SMILES string of the molecule is COC[C@@H](C)NC(=O)CN(c1ccc(C)cc1)S(=O)(=O)c1ccc(OC)c(OC)c1. The highest BCUT2D eigenvalue weighted by atomic mass is 32.2. The number of ether oxygens (including phenoxy) is 3. The lowest BCUT2D eigenvalue weighted by Crippen LogP contribution is -2.44. The number of hydrogen-bond donors (Lipinski definition) is 1. The maximum absolute atomic E-state index is 13.5. The Morgan fingerprint density at radius 1 is 1.03 bits per heavy atom. The fourth-order valence-corrected chi connectivity index (χ4v) is 4.31. The highest BCUT2D eigenvalue weighted by Gasteiger charge is 2.28. The van der Waals surface area contributed by atoms with Crippen LogP contribution in [-0.2, 0) is 19.6 Å². The van der Waals surface area contributed by atoms with Gasteiger partial charge in [-0.15, -0.1) is 0 Å². The van der Waals surface area contributed by atoms with Crippen molar-refractivity contribution in [2.45, 2.75) is 24.8 Å². The van der Waals surface area contributed by atoms with E-state index in [1.54, 1.807) is 31.2 Å². The van der Waals surface area contributed by atoms with Crippen molar-refractivity contribution in [3.05, 3.63) is 48.0 Å². The zero-order valence-corrected chi connectivity index (χ0v) is 18.7. The van der Waals surface area contributed by atoms with Gasteiger partial charge in [0.15, 0.2) is 11.5 Å². The van der Waals surface area contributed by atoms with Crippen LogP contribution in [0.25, 0.3) is 0 Å². The third-order valence-electron chi connectivity index (χ3n) is 4.38. The Hall–Kier alpha value is -2.78. The lowest BCUT2D eigenvalue weighted by atomic mass is 10.2. The van der Waals surface area contributed by atoms with E-state index in [-0.39, 0.29) is 23.2 Å². The third-order valence-corrected chi connectivity index (χ3v) is 6.15. The number of sulfonamides is 1. The molecule has 0 saturated heterocycles. The number of amides is 1. The molecule has 1 amide bonds. The van der Waals surface area contributed by atoms with Gasteiger partial charge in [-0.05, 0) is 38.1 Å². The molecule has 1 atom stereocenters. The van der Waals surface area contributed by atoms with Crippen LogP contribution in [-0.4, -0.2) is 54.8 Å². The van der Waals surface area contributed by atoms with Gasteiger partial charge in [-0.25, -0.2) is 8.42 Å². The quantitative estimate of drug-likeness (QED) is 0.615. The molecule has 0 spiro atoms. The first-order chi connectivity index (χ1) is 14.2. The third kappa shape index (κ3) is 5.64. The fraction of sp³-hybridized carbons (Fsp3) is 0.381. The number of carbonyl (C=O) groups is 1. The largest absolute Gasteiger partial charge is 0.493 e. The van der Waals surface area contributed by atoms with Crippen LogP contribution in [0.5, 0.6) is 11.5 Å². The summed E-state index contributed by atoms with van der Waals surface area (Å²) in [7, 11) is 0.364. The molecular formula is C21H28N2O6S. The summed E-state index contributed by atoms with van der Waals surface area (Å²) in [5.74, 6) is 0.245. The van der Waals surface area contributed by atoms with Crippen molar-refractivity contribution in [2.75, 3.05) is 38.8 Å². The molecule has 0 aliphatic rings. The van der Waals surface area contributed by atoms with Crippen LogP contribution in [0.4, 0.5) is 5.69 Å². The summed E-state index contributed by atoms with van der Waals surface area (Å²) < 4.78 is 43.4. The van der Waals surface area contributed by atoms with E-state index < -0.39 is 15.9 Å². The average Bonchev–Trinajstić information content (AvgIpc) is 2.72. The van der Waals surface area contributed by atoms with Crippen LogP contribution in [0.15, 0.2) is 47.4 Å². The van der Waals surface area contributed by atoms with Gasteiger partial charge in [0.25, 0.3) is 10.0 Å². The summed E-state index contributed by atoms with van der Waals surface area (Å²) in [5, 5.41) is 2.74. The molecule has 2 aromatic carbocycles. The van der Waals surface area contributed by atoms with Crippen molar-refractivity contribution in [3.8, 4) is 11.5 Å². The van der Waals surface area contributed by atoms with E-state index in [2.05, 4.69) is 5.32 Å². The van der Waals surface area contributed by atoms with Crippen LogP contribution >= 0.6 is 0 Å². The van der Waals surface area contributed by atoms with Crippen molar-refractivity contribution >= 4 is 21.6 Å². The van der Waals surface area contributed by atoms with Crippen molar-refractivity contribution in [3.63, 3.8) is 0 Å². The Labute approximate surface area is 177 Å². The van der Waals surface area contributed by atoms with Crippen LogP contribution in [0.2, 0.25) is 0 Å². The Morgan fingerprint density at radius 3 is 2.23 bits per heavy atom. The summed E-state index contributed by atoms with van der Waals surface area (Å²) >= 11 is 0. The molecule has 2 rings (SSSR count). The number of rotatable bonds is 10. The van der Waals surface area contributed by atoms with Gasteiger partial charge in [0.05, 0.1) is 31.4 Å². The normalized spacial score (nSPS) is 12.2. The summed E-state index contributed by atoms with van der Waals surface area (Å²) in [4.78, 5) is 12.5. The van der Waals surface area contributed by atoms with E-state index in [1.165, 1.54) is 39.5 Å². The molecule has 0 aromatic heterocycles. The minimum atomic E-state index is -4.06. The molecule has 30 heavy (non-hydrogen) atoms. The van der Waals surface area contributed by atoms with Gasteiger partial charge in [-0.2, -0.15) is 0 Å². The summed E-state index contributed by atoms with van der Waals surface area (Å²) in [6, 6.07) is 11.0. The summed E-state index contributed by atoms with van der Waals surface area (Å²) in [6.45, 7) is 3.61. The van der Waals surface area contributed by atoms with Crippen LogP contribution in [0.3, 0.4) is 0 Å². The van der Waals surface area contributed by atoms with Gasteiger partial charge in [-0.3, -0.25) is 9.10 Å². The molecule has 0 saturated carbocycles. The molecule has 1 N–H and O–H groups in total. The van der Waals surface area contributed by atoms with E-state index in [0.29, 0.717) is 18.0 Å². The topological polar surface area (TPSA) is 94.2 Å². The zero-order valence-electron chi connectivity index (χ0n) is 17.8. The van der Waals surface area contributed by atoms with Crippen LogP contribution < -0.4 is 19.1 Å². The molecule has 8 nitrogen and oxygen atoms in total. The second kappa shape index (κ2) is 10.3. The van der Waals surface area contributed by atoms with Crippen molar-refractivity contribution in [1.29, 1.82) is 0 Å². The first-order valence-corrected chi connectivity index (χ1v) is 10.8. The Morgan fingerprint density at radius 2 is 1.67 bits per heavy atom. The smallest absolute Gasteiger partial charge is 0.264 e. The standard InChI is InChI=1S/C21H28N2O6S/c1-15-6-8-17(9-7-15)23(13-21(24)22-16(2)14-27-3)30(25,26)18-10-11-19(28-4)20(12-18)29-5/h6-12,16H,13-14H2,1-5H3,(H,22,24)/t16-/m1/s1. The molecular weight excluding hydrogens is 408 g/mol. The second-order valence-corrected chi connectivity index (χ2v) is 8.65. The number of methoxy groups -OCH3 is 3. The van der Waals surface area contributed by atoms with Gasteiger partial charge >= 0.3 is 0 Å². The second-order valence-electron chi connectivity index (χ2n) is 6.79. The molecule has 0 radical (unpaired) electrons. The van der Waals surface area contributed by atoms with Gasteiger partial charge in [-0.1, -0.05) is 17.7 Å². The van der Waals surface area contributed by atoms with E-state index in [9.17, 15) is 13.2 Å². The number of aryl methyl sites for hydroxylation is 1. The minimum absolute atomic E-state index is 0.0153. The predicted molar refractivity (Wildman–Crippen MR) is 115 cm³/mol.